The fraction of sp³-hybridized carbons (Fsp3) is 0.818. The Bertz CT molecular complexity index is 1020. The van der Waals surface area contributed by atoms with Gasteiger partial charge >= 0.3 is 11.9 Å². The summed E-state index contributed by atoms with van der Waals surface area (Å²) in [5, 5.41) is 0. The lowest BCUT2D eigenvalue weighted by molar-refractivity contribution is -0.870. The molecule has 0 N–H and O–H groups in total. The van der Waals surface area contributed by atoms with Crippen molar-refractivity contribution in [2.45, 2.75) is 187 Å². The molecule has 2 atom stereocenters. The first-order valence-electron chi connectivity index (χ1n) is 21.7. The van der Waals surface area contributed by atoms with Crippen LogP contribution in [0.5, 0.6) is 0 Å². The van der Waals surface area contributed by atoms with E-state index in [1.807, 2.05) is 21.1 Å². The predicted octanol–water partition coefficient (Wildman–Crippen LogP) is 11.5. The molecule has 1 unspecified atom stereocenters. The Kier molecular flexibility index (Phi) is 35.6. The van der Waals surface area contributed by atoms with Crippen LogP contribution in [-0.4, -0.2) is 70.0 Å². The number of unbranched alkanes of at least 4 members (excludes halogenated alkanes) is 19. The van der Waals surface area contributed by atoms with E-state index in [4.69, 9.17) is 18.5 Å². The van der Waals surface area contributed by atoms with Gasteiger partial charge in [-0.3, -0.25) is 14.2 Å². The summed E-state index contributed by atoms with van der Waals surface area (Å²) in [7, 11) is 1.15. The molecule has 0 aliphatic carbocycles. The number of hydrogen-bond donors (Lipinski definition) is 0. The molecule has 0 aromatic heterocycles. The Morgan fingerprint density at radius 2 is 1.00 bits per heavy atom. The highest BCUT2D eigenvalue weighted by Crippen LogP contribution is 2.38. The molecular weight excluding hydrogens is 701 g/mol. The van der Waals surface area contributed by atoms with Crippen LogP contribution in [0.1, 0.15) is 181 Å². The third-order valence-electron chi connectivity index (χ3n) is 9.13. The fourth-order valence-electron chi connectivity index (χ4n) is 5.68. The summed E-state index contributed by atoms with van der Waals surface area (Å²) in [6.07, 6.45) is 40.2. The Balaban J connectivity index is 4.41. The highest BCUT2D eigenvalue weighted by atomic mass is 31.2. The Labute approximate surface area is 331 Å². The normalized spacial score (nSPS) is 14.0. The Morgan fingerprint density at radius 1 is 0.574 bits per heavy atom. The predicted molar refractivity (Wildman–Crippen MR) is 222 cm³/mol. The SMILES string of the molecule is CCCCC/C=C/C/C=C/CCCCCCCC(=O)O[C@H](COC(=O)CCCCCCC/C=C/CCCCCCCC)COP(=O)([O-])OCC[N+](C)(C)C. The number of rotatable bonds is 39. The highest BCUT2D eigenvalue weighted by Gasteiger charge is 2.21. The van der Waals surface area contributed by atoms with Crippen LogP contribution in [0, 0.1) is 0 Å². The summed E-state index contributed by atoms with van der Waals surface area (Å²) in [6, 6.07) is 0. The number of carbonyl (C=O) groups is 2. The molecule has 0 amide bonds. The van der Waals surface area contributed by atoms with E-state index in [2.05, 4.69) is 50.3 Å². The molecule has 9 nitrogen and oxygen atoms in total. The minimum atomic E-state index is -4.63. The minimum absolute atomic E-state index is 0.0352. The lowest BCUT2D eigenvalue weighted by Gasteiger charge is -2.28. The summed E-state index contributed by atoms with van der Waals surface area (Å²) in [4.78, 5) is 37.5. The average Bonchev–Trinajstić information content (AvgIpc) is 3.12. The van der Waals surface area contributed by atoms with Gasteiger partial charge in [-0.25, -0.2) is 0 Å². The summed E-state index contributed by atoms with van der Waals surface area (Å²) >= 11 is 0. The van der Waals surface area contributed by atoms with Crippen molar-refractivity contribution in [1.82, 2.24) is 0 Å². The lowest BCUT2D eigenvalue weighted by Crippen LogP contribution is -2.37. The van der Waals surface area contributed by atoms with E-state index in [0.29, 0.717) is 17.4 Å². The second-order valence-corrected chi connectivity index (χ2v) is 17.1. The van der Waals surface area contributed by atoms with Crippen LogP contribution >= 0.6 is 7.82 Å². The molecule has 0 radical (unpaired) electrons. The molecular formula is C44H82NO8P. The van der Waals surface area contributed by atoms with Crippen molar-refractivity contribution in [3.05, 3.63) is 36.5 Å². The van der Waals surface area contributed by atoms with Gasteiger partial charge in [-0.15, -0.1) is 0 Å². The van der Waals surface area contributed by atoms with Gasteiger partial charge in [0.25, 0.3) is 7.82 Å². The molecule has 0 aliphatic heterocycles. The zero-order valence-corrected chi connectivity index (χ0v) is 36.3. The van der Waals surface area contributed by atoms with Crippen LogP contribution in [0.4, 0.5) is 0 Å². The van der Waals surface area contributed by atoms with Crippen LogP contribution in [-0.2, 0) is 32.7 Å². The number of ether oxygens (including phenoxy) is 2. The number of allylic oxidation sites excluding steroid dienone is 6. The third-order valence-corrected chi connectivity index (χ3v) is 10.1. The van der Waals surface area contributed by atoms with E-state index in [0.717, 1.165) is 77.0 Å². The van der Waals surface area contributed by atoms with Gasteiger partial charge in [-0.1, -0.05) is 134 Å². The number of nitrogens with zero attached hydrogens (tertiary/aromatic N) is 1. The van der Waals surface area contributed by atoms with Crippen LogP contribution in [0.3, 0.4) is 0 Å². The van der Waals surface area contributed by atoms with E-state index in [1.165, 1.54) is 70.6 Å². The topological polar surface area (TPSA) is 111 Å². The molecule has 54 heavy (non-hydrogen) atoms. The zero-order chi connectivity index (χ0) is 40.0. The molecule has 0 spiro atoms. The third kappa shape index (κ3) is 39.9. The largest absolute Gasteiger partial charge is 0.756 e. The summed E-state index contributed by atoms with van der Waals surface area (Å²) in [5.41, 5.74) is 0. The van der Waals surface area contributed by atoms with Gasteiger partial charge in [0.2, 0.25) is 0 Å². The lowest BCUT2D eigenvalue weighted by atomic mass is 10.1. The molecule has 0 saturated heterocycles. The van der Waals surface area contributed by atoms with Crippen LogP contribution in [0.15, 0.2) is 36.5 Å². The summed E-state index contributed by atoms with van der Waals surface area (Å²) in [6.45, 7) is 4.16. The monoisotopic (exact) mass is 784 g/mol. The smallest absolute Gasteiger partial charge is 0.306 e. The molecule has 0 bridgehead atoms. The quantitative estimate of drug-likeness (QED) is 0.0199. The number of likely N-dealkylation sites (N-methyl/N-ethyl adjacent to an activating group) is 1. The first-order chi connectivity index (χ1) is 26.0. The number of hydrogen-bond acceptors (Lipinski definition) is 8. The van der Waals surface area contributed by atoms with E-state index in [9.17, 15) is 19.0 Å². The Morgan fingerprint density at radius 3 is 1.52 bits per heavy atom. The van der Waals surface area contributed by atoms with E-state index in [1.54, 1.807) is 0 Å². The second kappa shape index (κ2) is 36.8. The molecule has 0 aromatic carbocycles. The molecule has 10 heteroatoms. The molecule has 0 heterocycles. The van der Waals surface area contributed by atoms with Gasteiger partial charge in [0.05, 0.1) is 27.7 Å². The van der Waals surface area contributed by atoms with Gasteiger partial charge < -0.3 is 27.9 Å². The van der Waals surface area contributed by atoms with Crippen LogP contribution in [0.25, 0.3) is 0 Å². The van der Waals surface area contributed by atoms with Crippen molar-refractivity contribution in [1.29, 1.82) is 0 Å². The van der Waals surface area contributed by atoms with Crippen molar-refractivity contribution in [2.75, 3.05) is 47.5 Å². The van der Waals surface area contributed by atoms with Crippen molar-refractivity contribution in [3.63, 3.8) is 0 Å². The maximum absolute atomic E-state index is 12.7. The van der Waals surface area contributed by atoms with E-state index >= 15 is 0 Å². The first-order valence-corrected chi connectivity index (χ1v) is 23.2. The number of quaternary nitrogens is 1. The maximum Gasteiger partial charge on any atom is 0.306 e. The molecule has 0 saturated carbocycles. The van der Waals surface area contributed by atoms with Crippen molar-refractivity contribution < 1.29 is 42.1 Å². The fourth-order valence-corrected chi connectivity index (χ4v) is 6.41. The number of esters is 2. The Hall–Kier alpha value is -1.77. The molecule has 316 valence electrons. The van der Waals surface area contributed by atoms with Crippen molar-refractivity contribution in [2.24, 2.45) is 0 Å². The van der Waals surface area contributed by atoms with E-state index in [-0.39, 0.29) is 26.1 Å². The summed E-state index contributed by atoms with van der Waals surface area (Å²) in [5.74, 6) is -0.860. The molecule has 0 rings (SSSR count). The van der Waals surface area contributed by atoms with Crippen LogP contribution in [0.2, 0.25) is 0 Å². The molecule has 0 aromatic rings. The van der Waals surface area contributed by atoms with Crippen molar-refractivity contribution in [3.8, 4) is 0 Å². The number of phosphoric acid groups is 1. The second-order valence-electron chi connectivity index (χ2n) is 15.7. The highest BCUT2D eigenvalue weighted by molar-refractivity contribution is 7.45. The van der Waals surface area contributed by atoms with Gasteiger partial charge in [0.15, 0.2) is 6.10 Å². The van der Waals surface area contributed by atoms with Gasteiger partial charge in [0.1, 0.15) is 19.8 Å². The standard InChI is InChI=1S/C44H82NO8P/c1-6-8-10-12-14-16-18-20-22-24-26-28-30-32-34-36-43(46)50-40-42(41-52-54(48,49)51-39-38-45(3,4)5)53-44(47)37-35-33-31-29-27-25-23-21-19-17-15-13-11-9-7-2/h15,17,20-23,42H,6-14,16,18-19,24-41H2,1-5H3/b17-15+,22-20+,23-21+/t42-/m1/s1. The van der Waals surface area contributed by atoms with Gasteiger partial charge in [0, 0.05) is 12.8 Å². The maximum atomic E-state index is 12.7. The summed E-state index contributed by atoms with van der Waals surface area (Å²) < 4.78 is 33.8. The molecule has 0 fully saturated rings. The molecule has 0 aliphatic rings. The van der Waals surface area contributed by atoms with Crippen molar-refractivity contribution >= 4 is 19.8 Å². The van der Waals surface area contributed by atoms with E-state index < -0.39 is 32.5 Å². The zero-order valence-electron chi connectivity index (χ0n) is 35.4. The number of carbonyl (C=O) groups excluding carboxylic acids is 2. The van der Waals surface area contributed by atoms with Gasteiger partial charge in [-0.05, 0) is 70.6 Å². The number of phosphoric ester groups is 1. The first kappa shape index (κ1) is 52.2. The van der Waals surface area contributed by atoms with Gasteiger partial charge in [-0.2, -0.15) is 0 Å². The van der Waals surface area contributed by atoms with Crippen LogP contribution < -0.4 is 4.89 Å². The average molecular weight is 784 g/mol. The minimum Gasteiger partial charge on any atom is -0.756 e.